The van der Waals surface area contributed by atoms with E-state index in [2.05, 4.69) is 45.6 Å². The molecule has 0 spiro atoms. The number of ether oxygens (including phenoxy) is 2. The van der Waals surface area contributed by atoms with Crippen LogP contribution < -0.4 is 15.7 Å². The molecule has 352 valence electrons. The Morgan fingerprint density at radius 2 is 1.29 bits per heavy atom. The largest absolute Gasteiger partial charge is 0.522 e. The molecule has 2 saturated heterocycles. The second kappa shape index (κ2) is 22.1. The first-order valence-electron chi connectivity index (χ1n) is 20.9. The van der Waals surface area contributed by atoms with Gasteiger partial charge in [-0.3, -0.25) is 18.7 Å². The topological polar surface area (TPSA) is 260 Å². The summed E-state index contributed by atoms with van der Waals surface area (Å²) in [5.74, 6) is -0.735. The number of nitrogens with zero attached hydrogens (tertiary/aromatic N) is 10. The van der Waals surface area contributed by atoms with E-state index in [1.165, 1.54) is 34.4 Å². The molecule has 2 unspecified atom stereocenters. The maximum Gasteiger partial charge on any atom is 0.522 e. The minimum atomic E-state index is -3.82. The third kappa shape index (κ3) is 10.7. The summed E-state index contributed by atoms with van der Waals surface area (Å²) >= 11 is 11.3. The fourth-order valence-electron chi connectivity index (χ4n) is 7.36. The van der Waals surface area contributed by atoms with Crippen LogP contribution in [-0.4, -0.2) is 107 Å². The second-order valence-electron chi connectivity index (χ2n) is 14.9. The highest BCUT2D eigenvalue weighted by Crippen LogP contribution is 2.51. The predicted octanol–water partition coefficient (Wildman–Crippen LogP) is 6.27. The van der Waals surface area contributed by atoms with E-state index in [-0.39, 0.29) is 73.0 Å². The van der Waals surface area contributed by atoms with Gasteiger partial charge >= 0.3 is 7.15 Å². The van der Waals surface area contributed by atoms with Gasteiger partial charge in [0.25, 0.3) is 18.5 Å². The maximum atomic E-state index is 16.9. The van der Waals surface area contributed by atoms with Gasteiger partial charge in [-0.05, 0) is 42.5 Å². The van der Waals surface area contributed by atoms with Crippen molar-refractivity contribution in [3.8, 4) is 12.1 Å². The van der Waals surface area contributed by atoms with Gasteiger partial charge < -0.3 is 29.2 Å². The van der Waals surface area contributed by atoms with Crippen molar-refractivity contribution in [2.45, 2.75) is 75.4 Å². The molecule has 2 amide bonds. The average molecular weight is 1010 g/mol. The van der Waals surface area contributed by atoms with Crippen molar-refractivity contribution in [1.82, 2.24) is 44.1 Å². The summed E-state index contributed by atoms with van der Waals surface area (Å²) in [4.78, 5) is 51.7. The molecule has 3 N–H and O–H groups in total. The third-order valence-corrected chi connectivity index (χ3v) is 14.5. The number of nitriles is 2. The number of aromatic nitrogens is 8. The van der Waals surface area contributed by atoms with E-state index in [9.17, 15) is 14.9 Å². The molecule has 6 aromatic rings. The highest BCUT2D eigenvalue weighted by atomic mass is 32.5. The Hall–Kier alpha value is -5.79. The molecule has 0 radical (unpaired) electrons. The van der Waals surface area contributed by atoms with Crippen molar-refractivity contribution in [1.29, 1.82) is 10.5 Å². The van der Waals surface area contributed by atoms with E-state index >= 15 is 8.78 Å². The van der Waals surface area contributed by atoms with Crippen molar-refractivity contribution in [2.75, 3.05) is 30.4 Å². The number of imidazole rings is 2. The van der Waals surface area contributed by atoms with Crippen molar-refractivity contribution in [3.63, 3.8) is 0 Å². The lowest BCUT2D eigenvalue weighted by Gasteiger charge is -2.29. The molecular formula is C41H40F2N13O8P2S2+. The van der Waals surface area contributed by atoms with Crippen LogP contribution in [0, 0.1) is 22.7 Å². The van der Waals surface area contributed by atoms with Gasteiger partial charge in [-0.1, -0.05) is 43.3 Å². The Bertz CT molecular complexity index is 2910. The lowest BCUT2D eigenvalue weighted by molar-refractivity contribution is -0.0233. The van der Waals surface area contributed by atoms with E-state index in [4.69, 9.17) is 56.4 Å². The van der Waals surface area contributed by atoms with Gasteiger partial charge in [0.1, 0.15) is 31.5 Å². The predicted molar refractivity (Wildman–Crippen MR) is 246 cm³/mol. The first-order valence-corrected chi connectivity index (χ1v) is 25.7. The van der Waals surface area contributed by atoms with Gasteiger partial charge in [-0.15, -0.1) is 9.05 Å². The van der Waals surface area contributed by atoms with Crippen LogP contribution in [-0.2, 0) is 51.2 Å². The van der Waals surface area contributed by atoms with E-state index in [0.717, 1.165) is 0 Å². The van der Waals surface area contributed by atoms with Gasteiger partial charge in [-0.25, -0.2) is 43.8 Å². The molecular weight excluding hydrogens is 967 g/mol. The van der Waals surface area contributed by atoms with E-state index in [0.29, 0.717) is 11.1 Å². The minimum absolute atomic E-state index is 0.00964. The van der Waals surface area contributed by atoms with Crippen LogP contribution in [0.3, 0.4) is 0 Å². The number of anilines is 2. The summed E-state index contributed by atoms with van der Waals surface area (Å²) in [5, 5.41) is 26.8. The highest BCUT2D eigenvalue weighted by molar-refractivity contribution is 8.09. The molecule has 68 heavy (non-hydrogen) atoms. The molecule has 0 saturated carbocycles. The molecule has 2 aliphatic heterocycles. The monoisotopic (exact) mass is 1010 g/mol. The van der Waals surface area contributed by atoms with Gasteiger partial charge in [-0.2, -0.15) is 10.5 Å². The molecule has 0 aliphatic carbocycles. The van der Waals surface area contributed by atoms with Crippen molar-refractivity contribution in [3.05, 3.63) is 97.1 Å². The van der Waals surface area contributed by atoms with Crippen molar-refractivity contribution in [2.24, 2.45) is 0 Å². The standard InChI is InChI=1S/C41H39F2N13O8P2S2/c1-2-26-33(29(43)41(61-26)56-23-51-31-35(47-21-49-37(31)56)54-39(58)25-13-7-4-8-14-25)64-66(68,60-18-10-16-45)52-19-27-32(63-65(67)59-17-9-15-44)28(42)40(62-27)55-22-50-30-34(46-20-48-36(30)55)53-38(57)24-11-5-3-6-12-24/h3-8,11-14,20-23,26-29,32-33,40-41H,2,9-10,17-19H2,1H3,(H2-,46,47,48,49,52,53,54,57,58,68)/p+1/t26-,27-,28-,29-,32-,33-,40-,41-,66?/m1/s1. The van der Waals surface area contributed by atoms with E-state index in [1.54, 1.807) is 67.6 Å². The molecule has 2 aliphatic rings. The summed E-state index contributed by atoms with van der Waals surface area (Å²) in [6.45, 7) is -2.64. The number of carbonyl (C=O) groups is 2. The molecule has 6 heterocycles. The summed E-state index contributed by atoms with van der Waals surface area (Å²) in [5.41, 5.74) is 1.35. The number of alkyl halides is 2. The minimum Gasteiger partial charge on any atom is -0.349 e. The number of hydrogen-bond acceptors (Lipinski definition) is 18. The fraction of sp³-hybridized carbons (Fsp3) is 0.366. The third-order valence-electron chi connectivity index (χ3n) is 10.6. The van der Waals surface area contributed by atoms with Crippen LogP contribution in [0.2, 0.25) is 0 Å². The molecule has 4 aromatic heterocycles. The average Bonchev–Trinajstić information content (AvgIpc) is 4.13. The lowest BCUT2D eigenvalue weighted by atomic mass is 10.1. The molecule has 8 rings (SSSR count). The highest BCUT2D eigenvalue weighted by Gasteiger charge is 2.53. The number of halogens is 2. The van der Waals surface area contributed by atoms with Crippen LogP contribution in [0.15, 0.2) is 86.0 Å². The zero-order valence-corrected chi connectivity index (χ0v) is 39.1. The molecule has 27 heteroatoms. The number of nitrogens with one attached hydrogen (secondary N) is 3. The number of benzene rings is 2. The lowest BCUT2D eigenvalue weighted by Crippen LogP contribution is -2.38. The smallest absolute Gasteiger partial charge is 0.349 e. The number of carbonyl (C=O) groups excluding carboxylic acids is 2. The summed E-state index contributed by atoms with van der Waals surface area (Å²) in [6, 6.07) is 20.8. The summed E-state index contributed by atoms with van der Waals surface area (Å²) < 4.78 is 72.8. The molecule has 0 bridgehead atoms. The molecule has 2 aromatic carbocycles. The zero-order valence-electron chi connectivity index (χ0n) is 35.6. The van der Waals surface area contributed by atoms with Gasteiger partial charge in [0.05, 0.1) is 50.3 Å². The van der Waals surface area contributed by atoms with Crippen molar-refractivity contribution >= 4 is 83.2 Å². The Labute approximate surface area is 397 Å². The number of fused-ring (bicyclic) bond motifs is 2. The van der Waals surface area contributed by atoms with Gasteiger partial charge in [0.15, 0.2) is 64.9 Å². The Balaban J connectivity index is 1.02. The van der Waals surface area contributed by atoms with Crippen LogP contribution in [0.4, 0.5) is 20.4 Å². The molecule has 2 fully saturated rings. The number of hydrogen-bond donors (Lipinski definition) is 3. The van der Waals surface area contributed by atoms with Crippen LogP contribution in [0.5, 0.6) is 0 Å². The molecule has 10 atom stereocenters. The first-order chi connectivity index (χ1) is 33.0. The normalized spacial score (nSPS) is 23.5. The Kier molecular flexibility index (Phi) is 15.8. The second-order valence-corrected chi connectivity index (χ2v) is 19.9. The quantitative estimate of drug-likeness (QED) is 0.0562. The van der Waals surface area contributed by atoms with E-state index < -0.39 is 74.8 Å². The van der Waals surface area contributed by atoms with Crippen LogP contribution >= 0.6 is 13.8 Å². The van der Waals surface area contributed by atoms with Crippen LogP contribution in [0.25, 0.3) is 22.3 Å². The SMILES string of the molecule is CC[C@H]1O[C@@H](n2cnc3c(NC(=O)c4ccccc4)ncnc32)[C@H](F)[C@@H]1OP(=S)(NC[C@H]1O[C@@H](n2cnc3c(NC(=O)c4ccccc4)ncnc32)[C@H](F)[C@@H]1O[P+](=S)OCCC#N)OCCC#N. The summed E-state index contributed by atoms with van der Waals surface area (Å²) in [6.07, 6.45) is -6.33. The maximum absolute atomic E-state index is 16.9. The Morgan fingerprint density at radius 1 is 0.779 bits per heavy atom. The fourth-order valence-corrected chi connectivity index (χ4v) is 10.9. The molecule has 21 nitrogen and oxygen atoms in total. The number of amides is 2. The van der Waals surface area contributed by atoms with Crippen LogP contribution in [0.1, 0.15) is 59.4 Å². The van der Waals surface area contributed by atoms with E-state index in [1.807, 2.05) is 12.1 Å². The Morgan fingerprint density at radius 3 is 1.82 bits per heavy atom. The van der Waals surface area contributed by atoms with Gasteiger partial charge in [0, 0.05) is 17.7 Å². The van der Waals surface area contributed by atoms with Gasteiger partial charge in [0.2, 0.25) is 11.8 Å². The first kappa shape index (κ1) is 48.7. The van der Waals surface area contributed by atoms with Crippen molar-refractivity contribution < 1.29 is 45.9 Å². The number of rotatable bonds is 20. The summed E-state index contributed by atoms with van der Waals surface area (Å²) in [7, 11) is -2.17. The zero-order chi connectivity index (χ0) is 47.8.